The van der Waals surface area contributed by atoms with E-state index in [0.29, 0.717) is 12.6 Å². The van der Waals surface area contributed by atoms with E-state index in [0.717, 1.165) is 47.9 Å². The Kier molecular flexibility index (Phi) is 2.55. The van der Waals surface area contributed by atoms with E-state index in [1.165, 1.54) is 27.8 Å². The second-order valence-corrected chi connectivity index (χ2v) is 7.22. The van der Waals surface area contributed by atoms with Crippen molar-refractivity contribution in [2.24, 2.45) is 0 Å². The van der Waals surface area contributed by atoms with Crippen LogP contribution in [-0.2, 0) is 19.4 Å². The SMILES string of the molecule is COc1cc2c3c4c1OCc1c5c(cc(c1-4)C[C@@H]3N(C)CC2)OCO5. The molecule has 0 fully saturated rings. The van der Waals surface area contributed by atoms with E-state index in [9.17, 15) is 0 Å². The predicted molar refractivity (Wildman–Crippen MR) is 91.7 cm³/mol. The summed E-state index contributed by atoms with van der Waals surface area (Å²) in [6.45, 7) is 1.85. The molecule has 0 saturated heterocycles. The van der Waals surface area contributed by atoms with E-state index in [4.69, 9.17) is 18.9 Å². The number of likely N-dealkylation sites (N-methyl/N-ethyl adjacent to an activating group) is 1. The summed E-state index contributed by atoms with van der Waals surface area (Å²) in [5.74, 6) is 3.43. The summed E-state index contributed by atoms with van der Waals surface area (Å²) < 4.78 is 23.3. The average molecular weight is 337 g/mol. The highest BCUT2D eigenvalue weighted by atomic mass is 16.7. The molecule has 0 spiro atoms. The molecular weight excluding hydrogens is 318 g/mol. The van der Waals surface area contributed by atoms with Gasteiger partial charge in [0, 0.05) is 23.7 Å². The van der Waals surface area contributed by atoms with E-state index in [2.05, 4.69) is 24.1 Å². The van der Waals surface area contributed by atoms with Crippen LogP contribution in [0.15, 0.2) is 12.1 Å². The third-order valence-electron chi connectivity index (χ3n) is 6.06. The highest BCUT2D eigenvalue weighted by Gasteiger charge is 2.41. The Bertz CT molecular complexity index is 936. The second-order valence-electron chi connectivity index (χ2n) is 7.22. The van der Waals surface area contributed by atoms with Crippen molar-refractivity contribution in [2.45, 2.75) is 25.5 Å². The van der Waals surface area contributed by atoms with Gasteiger partial charge in [-0.25, -0.2) is 0 Å². The largest absolute Gasteiger partial charge is 0.493 e. The summed E-state index contributed by atoms with van der Waals surface area (Å²) in [4.78, 5) is 2.46. The smallest absolute Gasteiger partial charge is 0.231 e. The van der Waals surface area contributed by atoms with Crippen molar-refractivity contribution in [1.29, 1.82) is 0 Å². The summed E-state index contributed by atoms with van der Waals surface area (Å²) in [7, 11) is 3.94. The van der Waals surface area contributed by atoms with Crippen molar-refractivity contribution in [2.75, 3.05) is 27.5 Å². The second kappa shape index (κ2) is 4.61. The lowest BCUT2D eigenvalue weighted by Crippen LogP contribution is -2.36. The van der Waals surface area contributed by atoms with Crippen molar-refractivity contribution in [3.63, 3.8) is 0 Å². The summed E-state index contributed by atoms with van der Waals surface area (Å²) in [6.07, 6.45) is 2.04. The van der Waals surface area contributed by atoms with E-state index in [1.807, 2.05) is 0 Å². The maximum Gasteiger partial charge on any atom is 0.231 e. The lowest BCUT2D eigenvalue weighted by atomic mass is 9.74. The van der Waals surface area contributed by atoms with Crippen LogP contribution in [0.1, 0.15) is 28.3 Å². The van der Waals surface area contributed by atoms with E-state index >= 15 is 0 Å². The van der Waals surface area contributed by atoms with Gasteiger partial charge < -0.3 is 18.9 Å². The van der Waals surface area contributed by atoms with Gasteiger partial charge >= 0.3 is 0 Å². The Morgan fingerprint density at radius 2 is 2.00 bits per heavy atom. The Morgan fingerprint density at radius 3 is 2.88 bits per heavy atom. The summed E-state index contributed by atoms with van der Waals surface area (Å²) in [6, 6.07) is 4.73. The Labute approximate surface area is 146 Å². The zero-order chi connectivity index (χ0) is 16.7. The lowest BCUT2D eigenvalue weighted by molar-refractivity contribution is 0.171. The van der Waals surface area contributed by atoms with Gasteiger partial charge in [-0.2, -0.15) is 0 Å². The first-order valence-corrected chi connectivity index (χ1v) is 8.77. The minimum Gasteiger partial charge on any atom is -0.493 e. The number of nitrogens with zero attached hydrogens (tertiary/aromatic N) is 1. The van der Waals surface area contributed by atoms with E-state index < -0.39 is 0 Å². The third kappa shape index (κ3) is 1.62. The molecular formula is C20H19NO4. The van der Waals surface area contributed by atoms with Gasteiger partial charge in [-0.15, -0.1) is 0 Å². The van der Waals surface area contributed by atoms with Crippen LogP contribution in [0.2, 0.25) is 0 Å². The lowest BCUT2D eigenvalue weighted by Gasteiger charge is -2.42. The summed E-state index contributed by atoms with van der Waals surface area (Å²) >= 11 is 0. The van der Waals surface area contributed by atoms with Gasteiger partial charge in [-0.1, -0.05) is 0 Å². The fourth-order valence-electron chi connectivity index (χ4n) is 4.90. The molecule has 0 aromatic heterocycles. The minimum absolute atomic E-state index is 0.289. The number of ether oxygens (including phenoxy) is 4. The fourth-order valence-corrected chi connectivity index (χ4v) is 4.90. The van der Waals surface area contributed by atoms with Crippen molar-refractivity contribution >= 4 is 0 Å². The molecule has 5 heteroatoms. The standard InChI is InChI=1S/C20H19NO4/c1-21-4-3-10-6-14(22-2)20-18-16-11(5-13(21)17(10)18)7-15-19(25-9-24-15)12(16)8-23-20/h6-7,13H,3-5,8-9H2,1-2H3/t13-/m0/s1. The topological polar surface area (TPSA) is 40.2 Å². The molecule has 3 heterocycles. The van der Waals surface area contributed by atoms with Gasteiger partial charge in [-0.05, 0) is 54.3 Å². The van der Waals surface area contributed by atoms with Crippen molar-refractivity contribution in [3.05, 3.63) is 34.4 Å². The zero-order valence-electron chi connectivity index (χ0n) is 14.3. The number of fused-ring (bicyclic) bond motifs is 2. The first kappa shape index (κ1) is 13.8. The zero-order valence-corrected chi connectivity index (χ0v) is 14.3. The Balaban J connectivity index is 1.74. The Morgan fingerprint density at radius 1 is 1.08 bits per heavy atom. The van der Waals surface area contributed by atoms with Crippen LogP contribution in [0.3, 0.4) is 0 Å². The van der Waals surface area contributed by atoms with Crippen molar-refractivity contribution in [1.82, 2.24) is 4.90 Å². The quantitative estimate of drug-likeness (QED) is 0.800. The minimum atomic E-state index is 0.289. The summed E-state index contributed by atoms with van der Waals surface area (Å²) in [5.41, 5.74) is 7.75. The third-order valence-corrected chi connectivity index (χ3v) is 6.06. The first-order valence-electron chi connectivity index (χ1n) is 8.77. The molecule has 3 aliphatic heterocycles. The number of rotatable bonds is 1. The highest BCUT2D eigenvalue weighted by molar-refractivity contribution is 5.89. The molecule has 2 aromatic rings. The van der Waals surface area contributed by atoms with Gasteiger partial charge in [0.25, 0.3) is 0 Å². The highest BCUT2D eigenvalue weighted by Crippen LogP contribution is 2.58. The van der Waals surface area contributed by atoms with Gasteiger partial charge in [-0.3, -0.25) is 4.90 Å². The van der Waals surface area contributed by atoms with Gasteiger partial charge in [0.1, 0.15) is 6.61 Å². The van der Waals surface area contributed by atoms with Crippen LogP contribution in [0, 0.1) is 0 Å². The Hall–Kier alpha value is -2.40. The number of hydrogen-bond donors (Lipinski definition) is 0. The van der Waals surface area contributed by atoms with Crippen LogP contribution in [0.25, 0.3) is 11.1 Å². The molecule has 1 aliphatic carbocycles. The molecule has 128 valence electrons. The van der Waals surface area contributed by atoms with Crippen LogP contribution in [0.5, 0.6) is 23.0 Å². The van der Waals surface area contributed by atoms with Gasteiger partial charge in [0.2, 0.25) is 6.79 Å². The molecule has 25 heavy (non-hydrogen) atoms. The van der Waals surface area contributed by atoms with Crippen LogP contribution >= 0.6 is 0 Å². The van der Waals surface area contributed by atoms with Crippen LogP contribution in [0.4, 0.5) is 0 Å². The molecule has 1 atom stereocenters. The number of methoxy groups -OCH3 is 1. The number of benzene rings is 2. The molecule has 0 radical (unpaired) electrons. The molecule has 0 N–H and O–H groups in total. The maximum atomic E-state index is 6.20. The molecule has 4 aliphatic rings. The van der Waals surface area contributed by atoms with Crippen molar-refractivity contribution < 1.29 is 18.9 Å². The molecule has 0 unspecified atom stereocenters. The van der Waals surface area contributed by atoms with E-state index in [-0.39, 0.29) is 6.79 Å². The number of hydrogen-bond acceptors (Lipinski definition) is 5. The van der Waals surface area contributed by atoms with Gasteiger partial charge in [0.15, 0.2) is 23.0 Å². The first-order chi connectivity index (χ1) is 12.3. The average Bonchev–Trinajstić information content (AvgIpc) is 3.11. The predicted octanol–water partition coefficient (Wildman–Crippen LogP) is 3.07. The maximum absolute atomic E-state index is 6.20. The molecule has 2 aromatic carbocycles. The molecule has 0 amide bonds. The van der Waals surface area contributed by atoms with Crippen LogP contribution < -0.4 is 18.9 Å². The van der Waals surface area contributed by atoms with Crippen LogP contribution in [-0.4, -0.2) is 32.4 Å². The monoisotopic (exact) mass is 337 g/mol. The van der Waals surface area contributed by atoms with E-state index in [1.54, 1.807) is 7.11 Å². The van der Waals surface area contributed by atoms with Gasteiger partial charge in [0.05, 0.1) is 7.11 Å². The normalized spacial score (nSPS) is 21.6. The summed E-state index contributed by atoms with van der Waals surface area (Å²) in [5, 5.41) is 0. The molecule has 0 bridgehead atoms. The molecule has 5 nitrogen and oxygen atoms in total. The fraction of sp³-hybridized carbons (Fsp3) is 0.400. The molecule has 6 rings (SSSR count). The van der Waals surface area contributed by atoms with Crippen molar-refractivity contribution in [3.8, 4) is 34.1 Å². The molecule has 0 saturated carbocycles.